The Morgan fingerprint density at radius 1 is 1.38 bits per heavy atom. The van der Waals surface area contributed by atoms with Crippen LogP contribution in [0.1, 0.15) is 43.4 Å². The Bertz CT molecular complexity index is 371. The maximum Gasteiger partial charge on any atom is 0.0991 e. The van der Waals surface area contributed by atoms with Gasteiger partial charge in [-0.15, -0.1) is 0 Å². The van der Waals surface area contributed by atoms with Crippen LogP contribution in [0.4, 0.5) is 0 Å². The second-order valence-corrected chi connectivity index (χ2v) is 4.66. The number of benzene rings is 1. The summed E-state index contributed by atoms with van der Waals surface area (Å²) in [6.07, 6.45) is 4.16. The van der Waals surface area contributed by atoms with E-state index in [1.165, 1.54) is 24.8 Å². The van der Waals surface area contributed by atoms with Crippen molar-refractivity contribution in [3.63, 3.8) is 0 Å². The highest BCUT2D eigenvalue weighted by Gasteiger charge is 2.17. The number of nitrogens with zero attached hydrogens (tertiary/aromatic N) is 1. The van der Waals surface area contributed by atoms with Gasteiger partial charge in [-0.05, 0) is 49.9 Å². The number of nitriles is 1. The number of hydrogen-bond acceptors (Lipinski definition) is 2. The molecule has 2 heteroatoms. The molecule has 16 heavy (non-hydrogen) atoms. The van der Waals surface area contributed by atoms with Crippen molar-refractivity contribution in [1.82, 2.24) is 5.32 Å². The Balaban J connectivity index is 1.87. The Morgan fingerprint density at radius 3 is 2.56 bits per heavy atom. The maximum atomic E-state index is 8.72. The first-order valence-electron chi connectivity index (χ1n) is 6.03. The van der Waals surface area contributed by atoms with Crippen molar-refractivity contribution in [3.05, 3.63) is 35.4 Å². The van der Waals surface area contributed by atoms with E-state index in [4.69, 9.17) is 5.26 Å². The molecule has 1 fully saturated rings. The predicted octanol–water partition coefficient (Wildman–Crippen LogP) is 3.01. The molecule has 1 saturated carbocycles. The molecule has 1 aliphatic carbocycles. The van der Waals surface area contributed by atoms with E-state index in [2.05, 4.69) is 18.3 Å². The Labute approximate surface area is 97.3 Å². The Hall–Kier alpha value is -1.33. The summed E-state index contributed by atoms with van der Waals surface area (Å²) in [4.78, 5) is 0. The predicted molar refractivity (Wildman–Crippen MR) is 64.9 cm³/mol. The monoisotopic (exact) mass is 214 g/mol. The van der Waals surface area contributed by atoms with Gasteiger partial charge in [0.05, 0.1) is 11.6 Å². The van der Waals surface area contributed by atoms with Crippen LogP contribution in [-0.4, -0.2) is 6.54 Å². The molecular formula is C14H18N2. The second-order valence-electron chi connectivity index (χ2n) is 4.66. The summed E-state index contributed by atoms with van der Waals surface area (Å²) in [6, 6.07) is 10.4. The van der Waals surface area contributed by atoms with Gasteiger partial charge in [0.2, 0.25) is 0 Å². The van der Waals surface area contributed by atoms with Crippen molar-refractivity contribution in [1.29, 1.82) is 5.26 Å². The zero-order chi connectivity index (χ0) is 11.4. The largest absolute Gasteiger partial charge is 0.310 e. The molecular weight excluding hydrogens is 196 g/mol. The van der Waals surface area contributed by atoms with Crippen molar-refractivity contribution in [2.45, 2.75) is 32.2 Å². The van der Waals surface area contributed by atoms with Crippen LogP contribution < -0.4 is 5.32 Å². The molecule has 1 aromatic carbocycles. The molecule has 0 radical (unpaired) electrons. The van der Waals surface area contributed by atoms with E-state index >= 15 is 0 Å². The zero-order valence-corrected chi connectivity index (χ0v) is 9.74. The van der Waals surface area contributed by atoms with Crippen LogP contribution in [-0.2, 0) is 0 Å². The van der Waals surface area contributed by atoms with Gasteiger partial charge in [-0.25, -0.2) is 0 Å². The molecule has 1 unspecified atom stereocenters. The normalized spacial score (nSPS) is 17.5. The van der Waals surface area contributed by atoms with Crippen molar-refractivity contribution in [3.8, 4) is 6.07 Å². The molecule has 0 aliphatic heterocycles. The van der Waals surface area contributed by atoms with Crippen LogP contribution >= 0.6 is 0 Å². The molecule has 1 aromatic rings. The Morgan fingerprint density at radius 2 is 2.06 bits per heavy atom. The van der Waals surface area contributed by atoms with E-state index in [0.717, 1.165) is 18.0 Å². The molecule has 84 valence electrons. The van der Waals surface area contributed by atoms with Crippen LogP contribution in [0, 0.1) is 17.2 Å². The fourth-order valence-corrected chi connectivity index (χ4v) is 2.00. The average Bonchev–Trinajstić information content (AvgIpc) is 2.27. The molecule has 2 rings (SSSR count). The lowest BCUT2D eigenvalue weighted by Crippen LogP contribution is -2.29. The second kappa shape index (κ2) is 5.14. The lowest BCUT2D eigenvalue weighted by Gasteiger charge is -2.27. The van der Waals surface area contributed by atoms with Gasteiger partial charge in [0.15, 0.2) is 0 Å². The summed E-state index contributed by atoms with van der Waals surface area (Å²) in [5, 5.41) is 12.3. The first-order chi connectivity index (χ1) is 7.79. The third-order valence-electron chi connectivity index (χ3n) is 3.48. The molecule has 1 N–H and O–H groups in total. The highest BCUT2D eigenvalue weighted by molar-refractivity contribution is 5.32. The highest BCUT2D eigenvalue weighted by atomic mass is 14.9. The molecule has 0 spiro atoms. The van der Waals surface area contributed by atoms with Gasteiger partial charge in [0.25, 0.3) is 0 Å². The number of hydrogen-bond donors (Lipinski definition) is 1. The van der Waals surface area contributed by atoms with Gasteiger partial charge in [0, 0.05) is 6.04 Å². The van der Waals surface area contributed by atoms with Gasteiger partial charge in [0.1, 0.15) is 0 Å². The molecule has 0 heterocycles. The van der Waals surface area contributed by atoms with Crippen LogP contribution in [0.25, 0.3) is 0 Å². The van der Waals surface area contributed by atoms with Crippen LogP contribution in [0.15, 0.2) is 24.3 Å². The van der Waals surface area contributed by atoms with Crippen LogP contribution in [0.3, 0.4) is 0 Å². The molecule has 0 amide bonds. The van der Waals surface area contributed by atoms with E-state index in [1.807, 2.05) is 24.3 Å². The van der Waals surface area contributed by atoms with Crippen molar-refractivity contribution < 1.29 is 0 Å². The smallest absolute Gasteiger partial charge is 0.0991 e. The van der Waals surface area contributed by atoms with Gasteiger partial charge >= 0.3 is 0 Å². The lowest BCUT2D eigenvalue weighted by molar-refractivity contribution is 0.292. The zero-order valence-electron chi connectivity index (χ0n) is 9.74. The van der Waals surface area contributed by atoms with Gasteiger partial charge in [-0.2, -0.15) is 5.26 Å². The first-order valence-corrected chi connectivity index (χ1v) is 6.03. The van der Waals surface area contributed by atoms with Gasteiger partial charge in [-0.3, -0.25) is 0 Å². The lowest BCUT2D eigenvalue weighted by atomic mass is 9.85. The minimum atomic E-state index is 0.383. The third-order valence-corrected chi connectivity index (χ3v) is 3.48. The van der Waals surface area contributed by atoms with E-state index in [0.29, 0.717) is 6.04 Å². The topological polar surface area (TPSA) is 35.8 Å². The summed E-state index contributed by atoms with van der Waals surface area (Å²) < 4.78 is 0. The summed E-state index contributed by atoms with van der Waals surface area (Å²) in [5.41, 5.74) is 1.99. The van der Waals surface area contributed by atoms with Gasteiger partial charge in [-0.1, -0.05) is 18.6 Å². The quantitative estimate of drug-likeness (QED) is 0.836. The van der Waals surface area contributed by atoms with E-state index in [1.54, 1.807) is 0 Å². The molecule has 2 nitrogen and oxygen atoms in total. The van der Waals surface area contributed by atoms with Crippen molar-refractivity contribution >= 4 is 0 Å². The summed E-state index contributed by atoms with van der Waals surface area (Å²) in [7, 11) is 0. The van der Waals surface area contributed by atoms with Gasteiger partial charge < -0.3 is 5.32 Å². The van der Waals surface area contributed by atoms with E-state index < -0.39 is 0 Å². The van der Waals surface area contributed by atoms with Crippen LogP contribution in [0.5, 0.6) is 0 Å². The van der Waals surface area contributed by atoms with Crippen molar-refractivity contribution in [2.75, 3.05) is 6.54 Å². The number of rotatable bonds is 4. The minimum absolute atomic E-state index is 0.383. The van der Waals surface area contributed by atoms with E-state index in [-0.39, 0.29) is 0 Å². The average molecular weight is 214 g/mol. The first kappa shape index (κ1) is 11.2. The molecule has 0 bridgehead atoms. The maximum absolute atomic E-state index is 8.72. The fourth-order valence-electron chi connectivity index (χ4n) is 2.00. The summed E-state index contributed by atoms with van der Waals surface area (Å²) >= 11 is 0. The number of nitrogens with one attached hydrogen (secondary N) is 1. The summed E-state index contributed by atoms with van der Waals surface area (Å²) in [5.74, 6) is 0.890. The standard InChI is InChI=1S/C14H18N2/c1-11(16-10-13-3-2-4-13)14-7-5-12(9-15)6-8-14/h5-8,11,13,16H,2-4,10H2,1H3. The fraction of sp³-hybridized carbons (Fsp3) is 0.500. The molecule has 1 atom stereocenters. The summed E-state index contributed by atoms with van der Waals surface area (Å²) in [6.45, 7) is 3.31. The SMILES string of the molecule is CC(NCC1CCC1)c1ccc(C#N)cc1. The molecule has 0 saturated heterocycles. The highest BCUT2D eigenvalue weighted by Crippen LogP contribution is 2.26. The minimum Gasteiger partial charge on any atom is -0.310 e. The van der Waals surface area contributed by atoms with E-state index in [9.17, 15) is 0 Å². The van der Waals surface area contributed by atoms with Crippen molar-refractivity contribution in [2.24, 2.45) is 5.92 Å². The van der Waals surface area contributed by atoms with Crippen LogP contribution in [0.2, 0.25) is 0 Å². The third kappa shape index (κ3) is 2.62. The Kier molecular flexibility index (Phi) is 3.58. The molecule has 1 aliphatic rings. The molecule has 0 aromatic heterocycles.